The minimum Gasteiger partial charge on any atom is -0.330 e. The first-order valence-electron chi connectivity index (χ1n) is 6.98. The SMILES string of the molecule is NCCC1CCCCN1Cc1cc(F)cc([N+](=O)[O-])c1. The number of hydrogen-bond acceptors (Lipinski definition) is 4. The Morgan fingerprint density at radius 1 is 1.40 bits per heavy atom. The number of nitrogens with zero attached hydrogens (tertiary/aromatic N) is 2. The van der Waals surface area contributed by atoms with Gasteiger partial charge in [0, 0.05) is 18.7 Å². The van der Waals surface area contributed by atoms with E-state index < -0.39 is 10.7 Å². The molecule has 5 nitrogen and oxygen atoms in total. The van der Waals surface area contributed by atoms with Crippen molar-refractivity contribution in [1.82, 2.24) is 4.90 Å². The first-order chi connectivity index (χ1) is 9.60. The average molecular weight is 281 g/mol. The van der Waals surface area contributed by atoms with Crippen molar-refractivity contribution in [3.8, 4) is 0 Å². The van der Waals surface area contributed by atoms with Crippen LogP contribution in [0.5, 0.6) is 0 Å². The summed E-state index contributed by atoms with van der Waals surface area (Å²) in [6.45, 7) is 2.11. The summed E-state index contributed by atoms with van der Waals surface area (Å²) in [5.41, 5.74) is 6.09. The van der Waals surface area contributed by atoms with Crippen LogP contribution in [0.3, 0.4) is 0 Å². The normalized spacial score (nSPS) is 20.0. The van der Waals surface area contributed by atoms with E-state index in [1.165, 1.54) is 18.6 Å². The molecule has 1 heterocycles. The number of halogens is 1. The van der Waals surface area contributed by atoms with Gasteiger partial charge in [0.05, 0.1) is 11.0 Å². The van der Waals surface area contributed by atoms with Crippen molar-refractivity contribution < 1.29 is 9.31 Å². The Hall–Kier alpha value is -1.53. The van der Waals surface area contributed by atoms with Crippen LogP contribution in [-0.4, -0.2) is 29.0 Å². The minimum absolute atomic E-state index is 0.188. The van der Waals surface area contributed by atoms with E-state index in [4.69, 9.17) is 5.73 Å². The fourth-order valence-corrected chi connectivity index (χ4v) is 2.85. The predicted molar refractivity (Wildman–Crippen MR) is 74.8 cm³/mol. The van der Waals surface area contributed by atoms with E-state index in [0.717, 1.165) is 31.9 Å². The first-order valence-corrected chi connectivity index (χ1v) is 6.98. The van der Waals surface area contributed by atoms with E-state index in [2.05, 4.69) is 4.90 Å². The number of non-ortho nitro benzene ring substituents is 1. The molecule has 0 aromatic heterocycles. The molecule has 1 atom stereocenters. The molecule has 6 heteroatoms. The van der Waals surface area contributed by atoms with Crippen molar-refractivity contribution in [3.05, 3.63) is 39.7 Å². The van der Waals surface area contributed by atoms with Crippen LogP contribution in [0.2, 0.25) is 0 Å². The van der Waals surface area contributed by atoms with Gasteiger partial charge >= 0.3 is 0 Å². The van der Waals surface area contributed by atoms with E-state index in [1.807, 2.05) is 0 Å². The van der Waals surface area contributed by atoms with Gasteiger partial charge in [-0.15, -0.1) is 0 Å². The summed E-state index contributed by atoms with van der Waals surface area (Å²) >= 11 is 0. The first kappa shape index (κ1) is 14.9. The Morgan fingerprint density at radius 2 is 2.20 bits per heavy atom. The molecule has 1 aliphatic rings. The summed E-state index contributed by atoms with van der Waals surface area (Å²) in [6, 6.07) is 4.19. The zero-order chi connectivity index (χ0) is 14.5. The number of nitro benzene ring substituents is 1. The van der Waals surface area contributed by atoms with Crippen molar-refractivity contribution in [2.45, 2.75) is 38.3 Å². The highest BCUT2D eigenvalue weighted by atomic mass is 19.1. The molecule has 0 aliphatic carbocycles. The molecule has 2 N–H and O–H groups in total. The van der Waals surface area contributed by atoms with E-state index in [1.54, 1.807) is 0 Å². The average Bonchev–Trinajstić information content (AvgIpc) is 2.40. The number of likely N-dealkylation sites (tertiary alicyclic amines) is 1. The Labute approximate surface area is 117 Å². The van der Waals surface area contributed by atoms with Gasteiger partial charge in [-0.2, -0.15) is 0 Å². The third-order valence-electron chi connectivity index (χ3n) is 3.79. The van der Waals surface area contributed by atoms with Gasteiger partial charge in [0.1, 0.15) is 5.82 Å². The maximum absolute atomic E-state index is 13.4. The molecule has 1 aliphatic heterocycles. The second-order valence-corrected chi connectivity index (χ2v) is 5.27. The molecule has 0 bridgehead atoms. The molecular formula is C14H20FN3O2. The van der Waals surface area contributed by atoms with E-state index in [0.29, 0.717) is 24.7 Å². The van der Waals surface area contributed by atoms with Crippen molar-refractivity contribution in [1.29, 1.82) is 0 Å². The van der Waals surface area contributed by atoms with Gasteiger partial charge in [-0.05, 0) is 44.0 Å². The summed E-state index contributed by atoms with van der Waals surface area (Å²) in [5, 5.41) is 10.8. The molecule has 0 amide bonds. The molecule has 20 heavy (non-hydrogen) atoms. The number of nitrogens with two attached hydrogens (primary N) is 1. The quantitative estimate of drug-likeness (QED) is 0.664. The molecule has 2 rings (SSSR count). The predicted octanol–water partition coefficient (Wildman–Crippen LogP) is 2.44. The van der Waals surface area contributed by atoms with E-state index in [9.17, 15) is 14.5 Å². The lowest BCUT2D eigenvalue weighted by Gasteiger charge is -2.35. The van der Waals surface area contributed by atoms with Crippen LogP contribution in [0.15, 0.2) is 18.2 Å². The van der Waals surface area contributed by atoms with Gasteiger partial charge in [0.15, 0.2) is 0 Å². The van der Waals surface area contributed by atoms with Crippen molar-refractivity contribution in [3.63, 3.8) is 0 Å². The monoisotopic (exact) mass is 281 g/mol. The van der Waals surface area contributed by atoms with Crippen LogP contribution in [0.25, 0.3) is 0 Å². The Bertz CT molecular complexity index is 479. The van der Waals surface area contributed by atoms with Crippen molar-refractivity contribution >= 4 is 5.69 Å². The van der Waals surface area contributed by atoms with Crippen molar-refractivity contribution in [2.24, 2.45) is 5.73 Å². The molecule has 0 spiro atoms. The second-order valence-electron chi connectivity index (χ2n) is 5.27. The summed E-state index contributed by atoms with van der Waals surface area (Å²) in [7, 11) is 0. The largest absolute Gasteiger partial charge is 0.330 e. The lowest BCUT2D eigenvalue weighted by atomic mass is 9.98. The molecule has 0 saturated carbocycles. The molecule has 1 aromatic carbocycles. The summed E-state index contributed by atoms with van der Waals surface area (Å²) in [6.07, 6.45) is 4.30. The Kier molecular flexibility index (Phi) is 5.03. The highest BCUT2D eigenvalue weighted by Gasteiger charge is 2.22. The zero-order valence-corrected chi connectivity index (χ0v) is 11.4. The van der Waals surface area contributed by atoms with Crippen molar-refractivity contribution in [2.75, 3.05) is 13.1 Å². The van der Waals surface area contributed by atoms with E-state index in [-0.39, 0.29) is 5.69 Å². The zero-order valence-electron chi connectivity index (χ0n) is 11.4. The van der Waals surface area contributed by atoms with Gasteiger partial charge < -0.3 is 5.73 Å². The van der Waals surface area contributed by atoms with Crippen LogP contribution in [-0.2, 0) is 6.54 Å². The maximum Gasteiger partial charge on any atom is 0.272 e. The smallest absolute Gasteiger partial charge is 0.272 e. The highest BCUT2D eigenvalue weighted by molar-refractivity contribution is 5.35. The summed E-state index contributed by atoms with van der Waals surface area (Å²) < 4.78 is 13.4. The van der Waals surface area contributed by atoms with E-state index >= 15 is 0 Å². The minimum atomic E-state index is -0.555. The van der Waals surface area contributed by atoms with Crippen LogP contribution in [0, 0.1) is 15.9 Å². The summed E-state index contributed by atoms with van der Waals surface area (Å²) in [4.78, 5) is 12.5. The molecular weight excluding hydrogens is 261 g/mol. The van der Waals surface area contributed by atoms with Gasteiger partial charge in [-0.1, -0.05) is 6.42 Å². The standard InChI is InChI=1S/C14H20FN3O2/c15-12-7-11(8-14(9-12)18(19)20)10-17-6-2-1-3-13(17)4-5-16/h7-9,13H,1-6,10,16H2. The van der Waals surface area contributed by atoms with Crippen LogP contribution in [0.4, 0.5) is 10.1 Å². The van der Waals surface area contributed by atoms with Gasteiger partial charge in [0.2, 0.25) is 0 Å². The van der Waals surface area contributed by atoms with Gasteiger partial charge in [-0.3, -0.25) is 15.0 Å². The molecule has 1 aromatic rings. The Morgan fingerprint density at radius 3 is 2.90 bits per heavy atom. The second kappa shape index (κ2) is 6.76. The Balaban J connectivity index is 2.13. The number of nitro groups is 1. The third kappa shape index (κ3) is 3.74. The van der Waals surface area contributed by atoms with Gasteiger partial charge in [0.25, 0.3) is 5.69 Å². The third-order valence-corrected chi connectivity index (χ3v) is 3.79. The molecule has 1 unspecified atom stereocenters. The highest BCUT2D eigenvalue weighted by Crippen LogP contribution is 2.23. The maximum atomic E-state index is 13.4. The molecule has 1 saturated heterocycles. The molecule has 110 valence electrons. The number of benzene rings is 1. The topological polar surface area (TPSA) is 72.4 Å². The van der Waals surface area contributed by atoms with Gasteiger partial charge in [-0.25, -0.2) is 4.39 Å². The fraction of sp³-hybridized carbons (Fsp3) is 0.571. The lowest BCUT2D eigenvalue weighted by Crippen LogP contribution is -2.40. The summed E-state index contributed by atoms with van der Waals surface area (Å²) in [5.74, 6) is -0.554. The lowest BCUT2D eigenvalue weighted by molar-refractivity contribution is -0.385. The number of piperidine rings is 1. The van der Waals surface area contributed by atoms with Crippen LogP contribution < -0.4 is 5.73 Å². The number of hydrogen-bond donors (Lipinski definition) is 1. The fourth-order valence-electron chi connectivity index (χ4n) is 2.85. The molecule has 1 fully saturated rings. The number of rotatable bonds is 5. The van der Waals surface area contributed by atoms with Crippen LogP contribution in [0.1, 0.15) is 31.2 Å². The van der Waals surface area contributed by atoms with Crippen LogP contribution >= 0.6 is 0 Å². The molecule has 0 radical (unpaired) electrons.